The first-order valence-corrected chi connectivity index (χ1v) is 7.44. The third-order valence-corrected chi connectivity index (χ3v) is 3.55. The van der Waals surface area contributed by atoms with Crippen LogP contribution in [0.15, 0.2) is 22.8 Å². The molecular weight excluding hydrogens is 268 g/mol. The second-order valence-electron chi connectivity index (χ2n) is 3.37. The van der Waals surface area contributed by atoms with Crippen LogP contribution in [-0.4, -0.2) is 27.8 Å². The Labute approximate surface area is 113 Å². The van der Waals surface area contributed by atoms with Crippen LogP contribution in [0.3, 0.4) is 0 Å². The van der Waals surface area contributed by atoms with Gasteiger partial charge in [0.05, 0.1) is 5.01 Å². The van der Waals surface area contributed by atoms with Crippen molar-refractivity contribution >= 4 is 34.7 Å². The van der Waals surface area contributed by atoms with E-state index in [0.717, 1.165) is 23.8 Å². The lowest BCUT2D eigenvalue weighted by Crippen LogP contribution is -2.12. The molecular formula is C10H14N6S2. The number of hydrazine groups is 1. The van der Waals surface area contributed by atoms with Crippen LogP contribution < -0.4 is 16.6 Å². The number of nitrogens with zero attached hydrogens (tertiary/aromatic N) is 3. The quantitative estimate of drug-likeness (QED) is 0.321. The van der Waals surface area contributed by atoms with Crippen molar-refractivity contribution in [2.75, 3.05) is 23.5 Å². The minimum Gasteiger partial charge on any atom is -0.369 e. The first-order valence-electron chi connectivity index (χ1n) is 5.33. The molecule has 0 aliphatic heterocycles. The highest BCUT2D eigenvalue weighted by Crippen LogP contribution is 2.16. The molecule has 96 valence electrons. The molecule has 0 aromatic carbocycles. The number of anilines is 2. The fraction of sp³-hybridized carbons (Fsp3) is 0.300. The van der Waals surface area contributed by atoms with E-state index < -0.39 is 0 Å². The van der Waals surface area contributed by atoms with E-state index >= 15 is 0 Å². The van der Waals surface area contributed by atoms with E-state index in [-0.39, 0.29) is 0 Å². The van der Waals surface area contributed by atoms with Crippen molar-refractivity contribution in [3.8, 4) is 0 Å². The average molecular weight is 282 g/mol. The lowest BCUT2D eigenvalue weighted by Gasteiger charge is -2.07. The fourth-order valence-corrected chi connectivity index (χ4v) is 2.35. The maximum absolute atomic E-state index is 5.36. The van der Waals surface area contributed by atoms with Crippen molar-refractivity contribution in [3.63, 3.8) is 0 Å². The predicted octanol–water partition coefficient (Wildman–Crippen LogP) is 1.60. The largest absolute Gasteiger partial charge is 0.369 e. The average Bonchev–Trinajstić information content (AvgIpc) is 2.91. The van der Waals surface area contributed by atoms with E-state index in [0.29, 0.717) is 11.0 Å². The summed E-state index contributed by atoms with van der Waals surface area (Å²) in [6.45, 7) is 0.780. The molecule has 2 rings (SSSR count). The summed E-state index contributed by atoms with van der Waals surface area (Å²) in [5.41, 5.74) is 2.53. The third kappa shape index (κ3) is 3.56. The van der Waals surface area contributed by atoms with Gasteiger partial charge in [-0.25, -0.2) is 20.8 Å². The summed E-state index contributed by atoms with van der Waals surface area (Å²) in [6, 6.07) is 1.78. The molecule has 0 atom stereocenters. The number of hydrogen-bond donors (Lipinski definition) is 3. The third-order valence-electron chi connectivity index (χ3n) is 2.16. The molecule has 2 heterocycles. The van der Waals surface area contributed by atoms with E-state index in [4.69, 9.17) is 5.84 Å². The normalized spacial score (nSPS) is 10.3. The Bertz CT molecular complexity index is 465. The van der Waals surface area contributed by atoms with Gasteiger partial charge in [-0.15, -0.1) is 11.3 Å². The molecule has 0 unspecified atom stereocenters. The number of nitrogens with two attached hydrogens (primary N) is 1. The van der Waals surface area contributed by atoms with Gasteiger partial charge >= 0.3 is 0 Å². The van der Waals surface area contributed by atoms with Gasteiger partial charge in [0.2, 0.25) is 0 Å². The summed E-state index contributed by atoms with van der Waals surface area (Å²) < 4.78 is 0. The van der Waals surface area contributed by atoms with E-state index in [1.54, 1.807) is 17.4 Å². The summed E-state index contributed by atoms with van der Waals surface area (Å²) in [4.78, 5) is 12.8. The number of thiazole rings is 1. The Kier molecular flexibility index (Phi) is 4.73. The first kappa shape index (κ1) is 13.1. The van der Waals surface area contributed by atoms with Crippen LogP contribution in [0, 0.1) is 0 Å². The molecule has 0 aliphatic rings. The van der Waals surface area contributed by atoms with Crippen molar-refractivity contribution < 1.29 is 0 Å². The van der Waals surface area contributed by atoms with Gasteiger partial charge in [0.1, 0.15) is 11.6 Å². The molecule has 6 nitrogen and oxygen atoms in total. The van der Waals surface area contributed by atoms with Crippen molar-refractivity contribution in [2.45, 2.75) is 11.6 Å². The van der Waals surface area contributed by atoms with Gasteiger partial charge in [0.25, 0.3) is 0 Å². The minimum absolute atomic E-state index is 0.603. The lowest BCUT2D eigenvalue weighted by molar-refractivity contribution is 0.934. The van der Waals surface area contributed by atoms with Crippen LogP contribution >= 0.6 is 23.1 Å². The van der Waals surface area contributed by atoms with Crippen LogP contribution in [0.2, 0.25) is 0 Å². The molecule has 0 fully saturated rings. The molecule has 0 aliphatic carbocycles. The zero-order valence-corrected chi connectivity index (χ0v) is 11.5. The highest BCUT2D eigenvalue weighted by atomic mass is 32.2. The molecule has 2 aromatic heterocycles. The second-order valence-corrected chi connectivity index (χ2v) is 5.12. The SMILES string of the molecule is CSc1nc(NN)cc(NCCc2nccs2)n1. The summed E-state index contributed by atoms with van der Waals surface area (Å²) in [5.74, 6) is 6.73. The number of aromatic nitrogens is 3. The predicted molar refractivity (Wildman–Crippen MR) is 75.9 cm³/mol. The monoisotopic (exact) mass is 282 g/mol. The van der Waals surface area contributed by atoms with Gasteiger partial charge in [-0.2, -0.15) is 0 Å². The van der Waals surface area contributed by atoms with Gasteiger partial charge in [0, 0.05) is 30.6 Å². The Morgan fingerprint density at radius 2 is 2.22 bits per heavy atom. The van der Waals surface area contributed by atoms with Crippen LogP contribution in [0.4, 0.5) is 11.6 Å². The van der Waals surface area contributed by atoms with Crippen LogP contribution in [-0.2, 0) is 6.42 Å². The molecule has 4 N–H and O–H groups in total. The molecule has 0 radical (unpaired) electrons. The molecule has 2 aromatic rings. The second kappa shape index (κ2) is 6.53. The minimum atomic E-state index is 0.603. The van der Waals surface area contributed by atoms with E-state index in [2.05, 4.69) is 25.7 Å². The lowest BCUT2D eigenvalue weighted by atomic mass is 10.4. The number of thioether (sulfide) groups is 1. The molecule has 0 bridgehead atoms. The number of nitrogens with one attached hydrogen (secondary N) is 2. The Morgan fingerprint density at radius 3 is 2.89 bits per heavy atom. The summed E-state index contributed by atoms with van der Waals surface area (Å²) >= 11 is 3.13. The van der Waals surface area contributed by atoms with Crippen molar-refractivity contribution in [2.24, 2.45) is 5.84 Å². The van der Waals surface area contributed by atoms with Gasteiger partial charge in [0.15, 0.2) is 5.16 Å². The van der Waals surface area contributed by atoms with E-state index in [9.17, 15) is 0 Å². The number of rotatable bonds is 6. The van der Waals surface area contributed by atoms with Crippen molar-refractivity contribution in [1.29, 1.82) is 0 Å². The summed E-state index contributed by atoms with van der Waals surface area (Å²) in [6.07, 6.45) is 4.61. The smallest absolute Gasteiger partial charge is 0.191 e. The molecule has 0 amide bonds. The molecule has 18 heavy (non-hydrogen) atoms. The highest BCUT2D eigenvalue weighted by molar-refractivity contribution is 7.98. The topological polar surface area (TPSA) is 88.8 Å². The van der Waals surface area contributed by atoms with Crippen LogP contribution in [0.5, 0.6) is 0 Å². The Hall–Kier alpha value is -1.38. The van der Waals surface area contributed by atoms with Crippen molar-refractivity contribution in [1.82, 2.24) is 15.0 Å². The first-order chi connectivity index (χ1) is 8.81. The fourth-order valence-electron chi connectivity index (χ4n) is 1.35. The van der Waals surface area contributed by atoms with Gasteiger partial charge < -0.3 is 10.7 Å². The maximum atomic E-state index is 5.36. The highest BCUT2D eigenvalue weighted by Gasteiger charge is 2.03. The Morgan fingerprint density at radius 1 is 1.39 bits per heavy atom. The van der Waals surface area contributed by atoms with Crippen LogP contribution in [0.25, 0.3) is 0 Å². The molecule has 0 spiro atoms. The summed E-state index contributed by atoms with van der Waals surface area (Å²) in [5, 5.41) is 7.01. The van der Waals surface area contributed by atoms with E-state index in [1.165, 1.54) is 11.8 Å². The van der Waals surface area contributed by atoms with E-state index in [1.807, 2.05) is 17.8 Å². The van der Waals surface area contributed by atoms with Crippen LogP contribution in [0.1, 0.15) is 5.01 Å². The molecule has 0 saturated carbocycles. The van der Waals surface area contributed by atoms with Gasteiger partial charge in [-0.1, -0.05) is 11.8 Å². The molecule has 8 heteroatoms. The van der Waals surface area contributed by atoms with Gasteiger partial charge in [-0.05, 0) is 6.26 Å². The number of nitrogen functional groups attached to an aromatic ring is 1. The van der Waals surface area contributed by atoms with Crippen molar-refractivity contribution in [3.05, 3.63) is 22.7 Å². The van der Waals surface area contributed by atoms with Gasteiger partial charge in [-0.3, -0.25) is 0 Å². The standard InChI is InChI=1S/C10H14N6S2/c1-17-10-14-7(6-8(15-10)16-11)12-3-2-9-13-4-5-18-9/h4-6H,2-3,11H2,1H3,(H2,12,14,15,16). The zero-order valence-electron chi connectivity index (χ0n) is 9.88. The summed E-state index contributed by atoms with van der Waals surface area (Å²) in [7, 11) is 0. The zero-order chi connectivity index (χ0) is 12.8. The maximum Gasteiger partial charge on any atom is 0.191 e. The Balaban J connectivity index is 1.95. The number of hydrogen-bond acceptors (Lipinski definition) is 8. The molecule has 0 saturated heterocycles.